The van der Waals surface area contributed by atoms with Crippen LogP contribution < -0.4 is 4.72 Å². The minimum Gasteiger partial charge on any atom is -0.362 e. The van der Waals surface area contributed by atoms with Gasteiger partial charge in [0, 0.05) is 11.2 Å². The second kappa shape index (κ2) is 9.00. The molecule has 0 radical (unpaired) electrons. The van der Waals surface area contributed by atoms with Gasteiger partial charge in [0.25, 0.3) is 10.0 Å². The maximum atomic E-state index is 13.1. The van der Waals surface area contributed by atoms with Crippen LogP contribution in [0.4, 0.5) is 5.69 Å². The topological polar surface area (TPSA) is 111 Å². The summed E-state index contributed by atoms with van der Waals surface area (Å²) in [6.07, 6.45) is 1.60. The Hall–Kier alpha value is -3.76. The molecule has 2 aromatic carbocycles. The summed E-state index contributed by atoms with van der Waals surface area (Å²) in [5.74, 6) is 0.451. The van der Waals surface area contributed by atoms with Gasteiger partial charge in [0.15, 0.2) is 0 Å². The van der Waals surface area contributed by atoms with Gasteiger partial charge in [-0.1, -0.05) is 40.7 Å². The normalized spacial score (nSPS) is 12.0. The first-order chi connectivity index (χ1) is 15.7. The molecule has 11 heteroatoms. The fourth-order valence-corrected chi connectivity index (χ4v) is 4.23. The Morgan fingerprint density at radius 2 is 1.91 bits per heavy atom. The third kappa shape index (κ3) is 4.86. The molecule has 0 spiro atoms. The molecule has 0 aliphatic carbocycles. The van der Waals surface area contributed by atoms with E-state index in [0.717, 1.165) is 0 Å². The van der Waals surface area contributed by atoms with Crippen LogP contribution in [0, 0.1) is 0 Å². The highest BCUT2D eigenvalue weighted by molar-refractivity contribution is 7.92. The minimum atomic E-state index is -3.92. The zero-order valence-corrected chi connectivity index (χ0v) is 19.3. The number of hydrogen-bond acceptors (Lipinski definition) is 7. The van der Waals surface area contributed by atoms with Crippen molar-refractivity contribution in [3.05, 3.63) is 83.7 Å². The average Bonchev–Trinajstić information content (AvgIpc) is 3.22. The lowest BCUT2D eigenvalue weighted by Crippen LogP contribution is -2.15. The van der Waals surface area contributed by atoms with Gasteiger partial charge >= 0.3 is 0 Å². The van der Waals surface area contributed by atoms with Crippen molar-refractivity contribution < 1.29 is 13.3 Å². The Kier molecular flexibility index (Phi) is 6.12. The number of aromatic nitrogens is 4. The largest absolute Gasteiger partial charge is 0.362 e. The summed E-state index contributed by atoms with van der Waals surface area (Å²) in [6, 6.07) is 14.5. The van der Waals surface area contributed by atoms with Crippen LogP contribution in [0.2, 0.25) is 5.02 Å². The van der Waals surface area contributed by atoms with E-state index in [1.54, 1.807) is 62.5 Å². The first kappa shape index (κ1) is 22.4. The Balaban J connectivity index is 1.67. The zero-order valence-electron chi connectivity index (χ0n) is 17.7. The molecule has 0 aliphatic heterocycles. The van der Waals surface area contributed by atoms with Crippen LogP contribution in [0.5, 0.6) is 0 Å². The number of fused-ring (bicyclic) bond motifs is 1. The quantitative estimate of drug-likeness (QED) is 0.235. The maximum absolute atomic E-state index is 13.1. The Morgan fingerprint density at radius 1 is 1.15 bits per heavy atom. The minimum absolute atomic E-state index is 0.0749. The molecule has 4 aromatic rings. The molecule has 0 amide bonds. The smallest absolute Gasteiger partial charge is 0.261 e. The van der Waals surface area contributed by atoms with Crippen LogP contribution in [0.25, 0.3) is 16.9 Å². The van der Waals surface area contributed by atoms with Gasteiger partial charge in [-0.15, -0.1) is 5.10 Å². The van der Waals surface area contributed by atoms with E-state index in [9.17, 15) is 8.42 Å². The van der Waals surface area contributed by atoms with Crippen LogP contribution in [0.1, 0.15) is 19.4 Å². The lowest BCUT2D eigenvalue weighted by molar-refractivity contribution is 0.231. The molecule has 0 saturated heterocycles. The van der Waals surface area contributed by atoms with Gasteiger partial charge in [-0.25, -0.2) is 18.1 Å². The number of halogens is 1. The van der Waals surface area contributed by atoms with E-state index in [0.29, 0.717) is 38.9 Å². The standard InChI is InChI=1S/C22H19ClN6O3S/c1-14(2)32-26-15(3)16-6-9-18(10-7-16)33(30,31)27-19-11-8-17(23)13-21(19)29-20-5-4-12-24-22(20)25-28-29/h4-13,27H,1H2,2-3H3/b26-15-. The third-order valence-corrected chi connectivity index (χ3v) is 6.19. The van der Waals surface area contributed by atoms with Crippen molar-refractivity contribution >= 4 is 44.2 Å². The van der Waals surface area contributed by atoms with Gasteiger partial charge in [0.1, 0.15) is 11.3 Å². The van der Waals surface area contributed by atoms with Crippen molar-refractivity contribution in [2.45, 2.75) is 18.7 Å². The first-order valence-corrected chi connectivity index (χ1v) is 11.6. The summed E-state index contributed by atoms with van der Waals surface area (Å²) in [6.45, 7) is 7.05. The fourth-order valence-electron chi connectivity index (χ4n) is 2.99. The molecule has 33 heavy (non-hydrogen) atoms. The summed E-state index contributed by atoms with van der Waals surface area (Å²) in [7, 11) is -3.92. The molecule has 0 fully saturated rings. The van der Waals surface area contributed by atoms with Crippen LogP contribution in [-0.2, 0) is 14.9 Å². The average molecular weight is 483 g/mol. The van der Waals surface area contributed by atoms with E-state index in [1.165, 1.54) is 16.8 Å². The lowest BCUT2D eigenvalue weighted by atomic mass is 10.1. The molecule has 168 valence electrons. The summed E-state index contributed by atoms with van der Waals surface area (Å²) >= 11 is 6.18. The maximum Gasteiger partial charge on any atom is 0.261 e. The molecule has 9 nitrogen and oxygen atoms in total. The monoisotopic (exact) mass is 482 g/mol. The Bertz CT molecular complexity index is 1480. The van der Waals surface area contributed by atoms with Crippen molar-refractivity contribution in [3.8, 4) is 5.69 Å². The highest BCUT2D eigenvalue weighted by Gasteiger charge is 2.19. The van der Waals surface area contributed by atoms with Crippen molar-refractivity contribution in [2.24, 2.45) is 5.16 Å². The fraction of sp³-hybridized carbons (Fsp3) is 0.0909. The van der Waals surface area contributed by atoms with Gasteiger partial charge in [-0.05, 0) is 61.9 Å². The van der Waals surface area contributed by atoms with Gasteiger partial charge < -0.3 is 4.84 Å². The van der Waals surface area contributed by atoms with E-state index < -0.39 is 10.0 Å². The van der Waals surface area contributed by atoms with Crippen LogP contribution in [0.15, 0.2) is 83.2 Å². The Morgan fingerprint density at radius 3 is 2.64 bits per heavy atom. The first-order valence-electron chi connectivity index (χ1n) is 9.71. The highest BCUT2D eigenvalue weighted by Crippen LogP contribution is 2.28. The predicted molar refractivity (Wildman–Crippen MR) is 127 cm³/mol. The van der Waals surface area contributed by atoms with Crippen LogP contribution in [-0.4, -0.2) is 34.1 Å². The van der Waals surface area contributed by atoms with E-state index in [4.69, 9.17) is 16.4 Å². The molecule has 4 rings (SSSR count). The lowest BCUT2D eigenvalue weighted by Gasteiger charge is -2.13. The number of sulfonamides is 1. The summed E-state index contributed by atoms with van der Waals surface area (Å²) in [5.41, 5.74) is 3.03. The van der Waals surface area contributed by atoms with Crippen LogP contribution in [0.3, 0.4) is 0 Å². The number of oxime groups is 1. The number of hydrogen-bond donors (Lipinski definition) is 1. The van der Waals surface area contributed by atoms with Crippen molar-refractivity contribution in [3.63, 3.8) is 0 Å². The number of benzene rings is 2. The van der Waals surface area contributed by atoms with Gasteiger partial charge in [0.05, 0.1) is 22.0 Å². The molecule has 2 aromatic heterocycles. The predicted octanol–water partition coefficient (Wildman–Crippen LogP) is 4.54. The number of anilines is 1. The number of allylic oxidation sites excluding steroid dienone is 1. The summed E-state index contributed by atoms with van der Waals surface area (Å²) in [5, 5.41) is 12.5. The molecule has 0 unspecified atom stereocenters. The molecule has 0 atom stereocenters. The number of nitrogens with zero attached hydrogens (tertiary/aromatic N) is 5. The van der Waals surface area contributed by atoms with Gasteiger partial charge in [0.2, 0.25) is 5.65 Å². The molecular weight excluding hydrogens is 464 g/mol. The second-order valence-electron chi connectivity index (χ2n) is 7.11. The molecule has 0 aliphatic rings. The Labute approximate surface area is 195 Å². The van der Waals surface area contributed by atoms with Crippen LogP contribution >= 0.6 is 11.6 Å². The van der Waals surface area contributed by atoms with E-state index in [2.05, 4.69) is 31.8 Å². The van der Waals surface area contributed by atoms with E-state index >= 15 is 0 Å². The molecule has 0 bridgehead atoms. The molecule has 2 heterocycles. The highest BCUT2D eigenvalue weighted by atomic mass is 35.5. The second-order valence-corrected chi connectivity index (χ2v) is 9.23. The zero-order chi connectivity index (χ0) is 23.6. The van der Waals surface area contributed by atoms with Gasteiger partial charge in [-0.3, -0.25) is 4.72 Å². The number of rotatable bonds is 7. The van der Waals surface area contributed by atoms with E-state index in [-0.39, 0.29) is 10.6 Å². The van der Waals surface area contributed by atoms with Crippen molar-refractivity contribution in [2.75, 3.05) is 4.72 Å². The van der Waals surface area contributed by atoms with Crippen molar-refractivity contribution in [1.82, 2.24) is 20.0 Å². The number of pyridine rings is 1. The summed E-state index contributed by atoms with van der Waals surface area (Å²) in [4.78, 5) is 9.29. The van der Waals surface area contributed by atoms with E-state index in [1.807, 2.05) is 0 Å². The molecule has 1 N–H and O–H groups in total. The van der Waals surface area contributed by atoms with Gasteiger partial charge in [-0.2, -0.15) is 0 Å². The third-order valence-electron chi connectivity index (χ3n) is 4.58. The molecular formula is C22H19ClN6O3S. The SMILES string of the molecule is C=C(C)O/N=C(/C)c1ccc(S(=O)(=O)Nc2ccc(Cl)cc2-n2nnc3ncccc32)cc1. The summed E-state index contributed by atoms with van der Waals surface area (Å²) < 4.78 is 30.3. The number of nitrogens with one attached hydrogen (secondary N) is 1. The molecule has 0 saturated carbocycles. The van der Waals surface area contributed by atoms with Crippen molar-refractivity contribution in [1.29, 1.82) is 0 Å².